The first kappa shape index (κ1) is 14.8. The van der Waals surface area contributed by atoms with Crippen LogP contribution in [0.5, 0.6) is 0 Å². The summed E-state index contributed by atoms with van der Waals surface area (Å²) in [6.07, 6.45) is -2.52. The average Bonchev–Trinajstić information content (AvgIpc) is 2.58. The lowest BCUT2D eigenvalue weighted by Gasteiger charge is -2.14. The van der Waals surface area contributed by atoms with Crippen molar-refractivity contribution < 1.29 is 13.6 Å². The van der Waals surface area contributed by atoms with Gasteiger partial charge in [-0.15, -0.1) is 0 Å². The normalized spacial score (nSPS) is 12.5. The maximum atomic E-state index is 12.5. The standard InChI is InChI=1S/C13H20F2N2O/c1-8(2)12(18)9-6-10(13(3,4)5)16-17(9)7-11(14)15/h6,8,11H,7H2,1-5H3. The highest BCUT2D eigenvalue weighted by atomic mass is 19.3. The Morgan fingerprint density at radius 2 is 1.94 bits per heavy atom. The summed E-state index contributed by atoms with van der Waals surface area (Å²) in [5.41, 5.74) is 0.668. The summed E-state index contributed by atoms with van der Waals surface area (Å²) in [5.74, 6) is -0.385. The summed E-state index contributed by atoms with van der Waals surface area (Å²) in [4.78, 5) is 12.0. The van der Waals surface area contributed by atoms with Crippen LogP contribution in [0.1, 0.15) is 50.8 Å². The fourth-order valence-electron chi connectivity index (χ4n) is 1.55. The second-order valence-electron chi connectivity index (χ2n) is 5.76. The van der Waals surface area contributed by atoms with Crippen LogP contribution in [0.15, 0.2) is 6.07 Å². The van der Waals surface area contributed by atoms with E-state index in [-0.39, 0.29) is 22.8 Å². The Hall–Kier alpha value is -1.26. The third-order valence-electron chi connectivity index (χ3n) is 2.64. The van der Waals surface area contributed by atoms with E-state index in [1.807, 2.05) is 20.8 Å². The highest BCUT2D eigenvalue weighted by Crippen LogP contribution is 2.23. The molecule has 0 aliphatic carbocycles. The van der Waals surface area contributed by atoms with E-state index in [0.717, 1.165) is 4.68 Å². The molecule has 0 saturated heterocycles. The fourth-order valence-corrected chi connectivity index (χ4v) is 1.55. The van der Waals surface area contributed by atoms with Gasteiger partial charge in [0.1, 0.15) is 12.2 Å². The first-order valence-electron chi connectivity index (χ1n) is 6.03. The molecule has 102 valence electrons. The zero-order valence-corrected chi connectivity index (χ0v) is 11.5. The molecule has 0 fully saturated rings. The molecular formula is C13H20F2N2O. The molecule has 0 aliphatic heterocycles. The highest BCUT2D eigenvalue weighted by Gasteiger charge is 2.25. The molecule has 1 heterocycles. The van der Waals surface area contributed by atoms with E-state index in [9.17, 15) is 13.6 Å². The summed E-state index contributed by atoms with van der Waals surface area (Å²) in [7, 11) is 0. The molecule has 1 rings (SSSR count). The van der Waals surface area contributed by atoms with E-state index < -0.39 is 13.0 Å². The lowest BCUT2D eigenvalue weighted by atomic mass is 9.91. The van der Waals surface area contributed by atoms with E-state index in [1.54, 1.807) is 19.9 Å². The van der Waals surface area contributed by atoms with E-state index in [1.165, 1.54) is 0 Å². The Labute approximate surface area is 106 Å². The van der Waals surface area contributed by atoms with Crippen molar-refractivity contribution in [1.29, 1.82) is 0 Å². The van der Waals surface area contributed by atoms with Crippen molar-refractivity contribution in [2.45, 2.75) is 53.0 Å². The van der Waals surface area contributed by atoms with Gasteiger partial charge in [0.25, 0.3) is 6.43 Å². The van der Waals surface area contributed by atoms with E-state index in [0.29, 0.717) is 5.69 Å². The van der Waals surface area contributed by atoms with Gasteiger partial charge in [-0.2, -0.15) is 5.10 Å². The number of carbonyl (C=O) groups excluding carboxylic acids is 1. The van der Waals surface area contributed by atoms with Gasteiger partial charge in [-0.3, -0.25) is 9.48 Å². The zero-order chi connectivity index (χ0) is 14.1. The monoisotopic (exact) mass is 258 g/mol. The summed E-state index contributed by atoms with van der Waals surface area (Å²) in [5, 5.41) is 4.14. The molecule has 0 saturated carbocycles. The lowest BCUT2D eigenvalue weighted by molar-refractivity contribution is 0.0909. The molecule has 1 aromatic rings. The Kier molecular flexibility index (Phi) is 4.24. The van der Waals surface area contributed by atoms with Gasteiger partial charge in [-0.1, -0.05) is 34.6 Å². The van der Waals surface area contributed by atoms with Crippen LogP contribution in [0.2, 0.25) is 0 Å². The van der Waals surface area contributed by atoms with Crippen molar-refractivity contribution >= 4 is 5.78 Å². The van der Waals surface area contributed by atoms with Gasteiger partial charge in [0.15, 0.2) is 5.78 Å². The molecule has 5 heteroatoms. The number of carbonyl (C=O) groups is 1. The fraction of sp³-hybridized carbons (Fsp3) is 0.692. The number of nitrogens with zero attached hydrogens (tertiary/aromatic N) is 2. The van der Waals surface area contributed by atoms with Crippen LogP contribution in [0, 0.1) is 5.92 Å². The highest BCUT2D eigenvalue weighted by molar-refractivity contribution is 5.96. The number of ketones is 1. The van der Waals surface area contributed by atoms with Crippen molar-refractivity contribution in [1.82, 2.24) is 9.78 Å². The minimum absolute atomic E-state index is 0.154. The molecule has 0 spiro atoms. The summed E-state index contributed by atoms with van der Waals surface area (Å²) in [6.45, 7) is 8.77. The maximum Gasteiger partial charge on any atom is 0.257 e. The predicted molar refractivity (Wildman–Crippen MR) is 66.1 cm³/mol. The zero-order valence-electron chi connectivity index (χ0n) is 11.5. The minimum atomic E-state index is -2.52. The minimum Gasteiger partial charge on any atom is -0.292 e. The Bertz CT molecular complexity index is 431. The first-order valence-corrected chi connectivity index (χ1v) is 6.03. The van der Waals surface area contributed by atoms with E-state index in [2.05, 4.69) is 5.10 Å². The van der Waals surface area contributed by atoms with Crippen molar-refractivity contribution in [3.05, 3.63) is 17.5 Å². The molecule has 0 amide bonds. The number of aromatic nitrogens is 2. The van der Waals surface area contributed by atoms with Gasteiger partial charge in [0, 0.05) is 11.3 Å². The van der Waals surface area contributed by atoms with Gasteiger partial charge in [0.2, 0.25) is 0 Å². The Morgan fingerprint density at radius 3 is 2.33 bits per heavy atom. The molecule has 3 nitrogen and oxygen atoms in total. The molecule has 0 atom stereocenters. The number of halogens is 2. The molecule has 0 aromatic carbocycles. The second-order valence-corrected chi connectivity index (χ2v) is 5.76. The average molecular weight is 258 g/mol. The number of hydrogen-bond donors (Lipinski definition) is 0. The van der Waals surface area contributed by atoms with Crippen molar-refractivity contribution in [2.24, 2.45) is 5.92 Å². The van der Waals surface area contributed by atoms with Crippen LogP contribution in [0.3, 0.4) is 0 Å². The molecule has 0 bridgehead atoms. The van der Waals surface area contributed by atoms with Crippen LogP contribution in [0.4, 0.5) is 8.78 Å². The lowest BCUT2D eigenvalue weighted by Crippen LogP contribution is -2.18. The van der Waals surface area contributed by atoms with Gasteiger partial charge >= 0.3 is 0 Å². The van der Waals surface area contributed by atoms with Crippen molar-refractivity contribution in [3.8, 4) is 0 Å². The summed E-state index contributed by atoms with van der Waals surface area (Å²) in [6, 6.07) is 1.63. The summed E-state index contributed by atoms with van der Waals surface area (Å²) >= 11 is 0. The number of Topliss-reactive ketones (excluding diaryl/α,β-unsaturated/α-hetero) is 1. The molecule has 0 unspecified atom stereocenters. The maximum absolute atomic E-state index is 12.5. The SMILES string of the molecule is CC(C)C(=O)c1cc(C(C)(C)C)nn1CC(F)F. The molecule has 0 radical (unpaired) electrons. The van der Waals surface area contributed by atoms with Crippen LogP contribution >= 0.6 is 0 Å². The Balaban J connectivity index is 3.21. The molecule has 0 N–H and O–H groups in total. The van der Waals surface area contributed by atoms with E-state index >= 15 is 0 Å². The van der Waals surface area contributed by atoms with E-state index in [4.69, 9.17) is 0 Å². The number of hydrogen-bond acceptors (Lipinski definition) is 2. The van der Waals surface area contributed by atoms with Crippen LogP contribution < -0.4 is 0 Å². The number of rotatable bonds is 4. The Morgan fingerprint density at radius 1 is 1.39 bits per heavy atom. The third kappa shape index (κ3) is 3.37. The molecular weight excluding hydrogens is 238 g/mol. The van der Waals surface area contributed by atoms with Crippen LogP contribution in [-0.4, -0.2) is 22.0 Å². The van der Waals surface area contributed by atoms with Gasteiger partial charge in [-0.05, 0) is 6.07 Å². The third-order valence-corrected chi connectivity index (χ3v) is 2.64. The van der Waals surface area contributed by atoms with Crippen molar-refractivity contribution in [3.63, 3.8) is 0 Å². The summed E-state index contributed by atoms with van der Waals surface area (Å²) < 4.78 is 26.1. The quantitative estimate of drug-likeness (QED) is 0.777. The second kappa shape index (κ2) is 5.16. The topological polar surface area (TPSA) is 34.9 Å². The molecule has 0 aliphatic rings. The predicted octanol–water partition coefficient (Wildman–Crippen LogP) is 3.28. The molecule has 18 heavy (non-hydrogen) atoms. The molecule has 1 aromatic heterocycles. The first-order chi connectivity index (χ1) is 8.12. The largest absolute Gasteiger partial charge is 0.292 e. The van der Waals surface area contributed by atoms with Gasteiger partial charge in [-0.25, -0.2) is 8.78 Å². The van der Waals surface area contributed by atoms with Gasteiger partial charge < -0.3 is 0 Å². The van der Waals surface area contributed by atoms with Crippen molar-refractivity contribution in [2.75, 3.05) is 0 Å². The smallest absolute Gasteiger partial charge is 0.257 e. The van der Waals surface area contributed by atoms with Gasteiger partial charge in [0.05, 0.1) is 5.69 Å². The van der Waals surface area contributed by atoms with Crippen LogP contribution in [0.25, 0.3) is 0 Å². The van der Waals surface area contributed by atoms with Crippen LogP contribution in [-0.2, 0) is 12.0 Å². The number of alkyl halides is 2.